The molecule has 0 aliphatic rings. The third-order valence-corrected chi connectivity index (χ3v) is 2.19. The van der Waals surface area contributed by atoms with Crippen molar-refractivity contribution in [3.63, 3.8) is 0 Å². The van der Waals surface area contributed by atoms with E-state index in [1.54, 1.807) is 0 Å². The molecule has 0 unspecified atom stereocenters. The normalized spacial score (nSPS) is 11.2. The Morgan fingerprint density at radius 2 is 2.11 bits per heavy atom. The number of nitrogens with one attached hydrogen (secondary N) is 2. The number of anilines is 1. The van der Waals surface area contributed by atoms with E-state index in [4.69, 9.17) is 5.84 Å². The zero-order valence-corrected chi connectivity index (χ0v) is 9.72. The second kappa shape index (κ2) is 6.32. The molecule has 0 atom stereocenters. The van der Waals surface area contributed by atoms with E-state index in [9.17, 15) is 22.4 Å². The lowest BCUT2D eigenvalue weighted by atomic mass is 10.2. The van der Waals surface area contributed by atoms with Gasteiger partial charge in [-0.2, -0.15) is 13.2 Å². The lowest BCUT2D eigenvalue weighted by Gasteiger charge is -2.09. The number of amides is 1. The number of pyridine rings is 1. The van der Waals surface area contributed by atoms with E-state index in [1.807, 2.05) is 5.43 Å². The van der Waals surface area contributed by atoms with Gasteiger partial charge in [0.15, 0.2) is 11.6 Å². The van der Waals surface area contributed by atoms with Crippen molar-refractivity contribution in [2.45, 2.75) is 19.0 Å². The molecule has 5 nitrogen and oxygen atoms in total. The summed E-state index contributed by atoms with van der Waals surface area (Å²) in [5.41, 5.74) is 1.62. The van der Waals surface area contributed by atoms with Gasteiger partial charge in [0, 0.05) is 19.2 Å². The first-order valence-electron chi connectivity index (χ1n) is 5.31. The van der Waals surface area contributed by atoms with Gasteiger partial charge >= 0.3 is 6.18 Å². The Balaban J connectivity index is 2.55. The highest BCUT2D eigenvalue weighted by atomic mass is 19.4. The Morgan fingerprint density at radius 1 is 1.42 bits per heavy atom. The minimum absolute atomic E-state index is 0.203. The second-order valence-electron chi connectivity index (χ2n) is 3.64. The Kier molecular flexibility index (Phi) is 5.04. The van der Waals surface area contributed by atoms with Gasteiger partial charge < -0.3 is 10.7 Å². The standard InChI is InChI=1S/C10H12F4N4O/c11-7-6(2-5-16-8(7)18-15)9(19)17-4-1-3-10(12,13)14/h2,5H,1,3-4,15H2,(H,16,18)(H,17,19). The number of hydrazine groups is 1. The molecule has 0 aliphatic heterocycles. The first-order chi connectivity index (χ1) is 8.85. The summed E-state index contributed by atoms with van der Waals surface area (Å²) in [6, 6.07) is 1.11. The zero-order chi connectivity index (χ0) is 14.5. The maximum atomic E-state index is 13.6. The molecule has 1 heterocycles. The molecule has 4 N–H and O–H groups in total. The quantitative estimate of drug-likeness (QED) is 0.331. The number of carbonyl (C=O) groups excluding carboxylic acids is 1. The molecular formula is C10H12F4N4O. The molecule has 1 aromatic heterocycles. The molecule has 0 saturated heterocycles. The van der Waals surface area contributed by atoms with Gasteiger partial charge in [-0.1, -0.05) is 0 Å². The molecule has 0 spiro atoms. The lowest BCUT2D eigenvalue weighted by molar-refractivity contribution is -0.135. The van der Waals surface area contributed by atoms with Crippen LogP contribution in [0.1, 0.15) is 23.2 Å². The summed E-state index contributed by atoms with van der Waals surface area (Å²) in [5.74, 6) is 2.88. The summed E-state index contributed by atoms with van der Waals surface area (Å²) in [4.78, 5) is 15.1. The highest BCUT2D eigenvalue weighted by molar-refractivity contribution is 5.95. The summed E-state index contributed by atoms with van der Waals surface area (Å²) in [6.45, 7) is -0.203. The van der Waals surface area contributed by atoms with Crippen molar-refractivity contribution >= 4 is 11.7 Å². The van der Waals surface area contributed by atoms with Crippen LogP contribution >= 0.6 is 0 Å². The first kappa shape index (κ1) is 15.2. The molecule has 0 aliphatic carbocycles. The number of hydrogen-bond acceptors (Lipinski definition) is 4. The number of aromatic nitrogens is 1. The number of carbonyl (C=O) groups is 1. The van der Waals surface area contributed by atoms with Crippen molar-refractivity contribution in [3.05, 3.63) is 23.6 Å². The highest BCUT2D eigenvalue weighted by Crippen LogP contribution is 2.20. The second-order valence-corrected chi connectivity index (χ2v) is 3.64. The smallest absolute Gasteiger partial charge is 0.352 e. The van der Waals surface area contributed by atoms with Crippen LogP contribution in [0.2, 0.25) is 0 Å². The third kappa shape index (κ3) is 4.70. The van der Waals surface area contributed by atoms with Crippen molar-refractivity contribution in [2.24, 2.45) is 5.84 Å². The van der Waals surface area contributed by atoms with E-state index >= 15 is 0 Å². The van der Waals surface area contributed by atoms with Crippen LogP contribution < -0.4 is 16.6 Å². The van der Waals surface area contributed by atoms with E-state index < -0.39 is 24.3 Å². The molecule has 0 bridgehead atoms. The average molecular weight is 280 g/mol. The monoisotopic (exact) mass is 280 g/mol. The van der Waals surface area contributed by atoms with Crippen LogP contribution in [-0.4, -0.2) is 23.6 Å². The Morgan fingerprint density at radius 3 is 2.68 bits per heavy atom. The maximum Gasteiger partial charge on any atom is 0.389 e. The summed E-state index contributed by atoms with van der Waals surface area (Å²) >= 11 is 0. The third-order valence-electron chi connectivity index (χ3n) is 2.19. The van der Waals surface area contributed by atoms with Gasteiger partial charge in [-0.3, -0.25) is 4.79 Å². The van der Waals surface area contributed by atoms with Crippen LogP contribution in [0.25, 0.3) is 0 Å². The number of rotatable bonds is 5. The maximum absolute atomic E-state index is 13.6. The predicted molar refractivity (Wildman–Crippen MR) is 59.6 cm³/mol. The highest BCUT2D eigenvalue weighted by Gasteiger charge is 2.26. The Hall–Kier alpha value is -1.90. The fourth-order valence-electron chi connectivity index (χ4n) is 1.31. The van der Waals surface area contributed by atoms with Crippen LogP contribution in [0.3, 0.4) is 0 Å². The Labute approximate surface area is 106 Å². The van der Waals surface area contributed by atoms with E-state index in [-0.39, 0.29) is 24.3 Å². The fraction of sp³-hybridized carbons (Fsp3) is 0.400. The zero-order valence-electron chi connectivity index (χ0n) is 9.72. The van der Waals surface area contributed by atoms with Crippen LogP contribution in [0, 0.1) is 5.82 Å². The number of alkyl halides is 3. The van der Waals surface area contributed by atoms with Crippen molar-refractivity contribution in [1.29, 1.82) is 0 Å². The van der Waals surface area contributed by atoms with Gasteiger partial charge in [0.05, 0.1) is 5.56 Å². The van der Waals surface area contributed by atoms with Crippen molar-refractivity contribution in [2.75, 3.05) is 12.0 Å². The van der Waals surface area contributed by atoms with Crippen LogP contribution in [0.5, 0.6) is 0 Å². The van der Waals surface area contributed by atoms with Gasteiger partial charge in [-0.05, 0) is 12.5 Å². The molecule has 19 heavy (non-hydrogen) atoms. The summed E-state index contributed by atoms with van der Waals surface area (Å²) in [5, 5.41) is 2.19. The van der Waals surface area contributed by atoms with Crippen LogP contribution in [0.15, 0.2) is 12.3 Å². The van der Waals surface area contributed by atoms with Crippen LogP contribution in [0.4, 0.5) is 23.4 Å². The number of halogens is 4. The summed E-state index contributed by atoms with van der Waals surface area (Å²) in [6.07, 6.45) is -4.40. The number of nitrogens with zero attached hydrogens (tertiary/aromatic N) is 1. The largest absolute Gasteiger partial charge is 0.389 e. The molecule has 0 radical (unpaired) electrons. The predicted octanol–water partition coefficient (Wildman–Crippen LogP) is 1.58. The minimum atomic E-state index is -4.27. The number of hydrogen-bond donors (Lipinski definition) is 3. The van der Waals surface area contributed by atoms with Gasteiger partial charge in [-0.25, -0.2) is 15.2 Å². The SMILES string of the molecule is NNc1nccc(C(=O)NCCCC(F)(F)F)c1F. The van der Waals surface area contributed by atoms with Gasteiger partial charge in [0.25, 0.3) is 5.91 Å². The molecular weight excluding hydrogens is 268 g/mol. The van der Waals surface area contributed by atoms with Gasteiger partial charge in [0.1, 0.15) is 0 Å². The van der Waals surface area contributed by atoms with Gasteiger partial charge in [0.2, 0.25) is 0 Å². The molecule has 0 saturated carbocycles. The van der Waals surface area contributed by atoms with E-state index in [1.165, 1.54) is 0 Å². The molecule has 1 rings (SSSR count). The Bertz CT molecular complexity index is 450. The van der Waals surface area contributed by atoms with Crippen molar-refractivity contribution in [3.8, 4) is 0 Å². The summed E-state index contributed by atoms with van der Waals surface area (Å²) < 4.78 is 49.2. The van der Waals surface area contributed by atoms with Gasteiger partial charge in [-0.15, -0.1) is 0 Å². The molecule has 1 amide bonds. The molecule has 0 aromatic carbocycles. The topological polar surface area (TPSA) is 80.0 Å². The van der Waals surface area contributed by atoms with Crippen LogP contribution in [-0.2, 0) is 0 Å². The first-order valence-corrected chi connectivity index (χ1v) is 5.31. The molecule has 9 heteroatoms. The van der Waals surface area contributed by atoms with E-state index in [0.29, 0.717) is 0 Å². The fourth-order valence-corrected chi connectivity index (χ4v) is 1.31. The van der Waals surface area contributed by atoms with E-state index in [0.717, 1.165) is 12.3 Å². The lowest BCUT2D eigenvalue weighted by Crippen LogP contribution is -2.27. The number of nitrogens with two attached hydrogens (primary N) is 1. The minimum Gasteiger partial charge on any atom is -0.352 e. The van der Waals surface area contributed by atoms with Crippen molar-refractivity contribution in [1.82, 2.24) is 10.3 Å². The van der Waals surface area contributed by atoms with E-state index in [2.05, 4.69) is 10.3 Å². The molecule has 106 valence electrons. The van der Waals surface area contributed by atoms with Crippen molar-refractivity contribution < 1.29 is 22.4 Å². The molecule has 0 fully saturated rings. The average Bonchev–Trinajstić information content (AvgIpc) is 2.33. The summed E-state index contributed by atoms with van der Waals surface area (Å²) in [7, 11) is 0. The number of nitrogen functional groups attached to an aromatic ring is 1. The molecule has 1 aromatic rings.